The van der Waals surface area contributed by atoms with E-state index in [9.17, 15) is 9.59 Å². The Morgan fingerprint density at radius 3 is 2.83 bits per heavy atom. The van der Waals surface area contributed by atoms with E-state index in [1.165, 1.54) is 0 Å². The van der Waals surface area contributed by atoms with Crippen molar-refractivity contribution in [1.82, 2.24) is 4.57 Å². The average molecular weight is 313 g/mol. The molecule has 0 spiro atoms. The molecule has 0 saturated heterocycles. The topological polar surface area (TPSA) is 72.4 Å². The van der Waals surface area contributed by atoms with Gasteiger partial charge in [0.15, 0.2) is 6.61 Å². The minimum absolute atomic E-state index is 0.0156. The van der Waals surface area contributed by atoms with E-state index in [0.717, 1.165) is 17.9 Å². The van der Waals surface area contributed by atoms with Crippen LogP contribution in [0.1, 0.15) is 28.7 Å². The van der Waals surface area contributed by atoms with Gasteiger partial charge in [-0.25, -0.2) is 0 Å². The third-order valence-electron chi connectivity index (χ3n) is 4.00. The fourth-order valence-corrected chi connectivity index (χ4v) is 2.88. The highest BCUT2D eigenvalue weighted by atomic mass is 16.5. The molecule has 1 aliphatic rings. The first-order valence-electron chi connectivity index (χ1n) is 7.54. The van der Waals surface area contributed by atoms with Gasteiger partial charge in [-0.3, -0.25) is 9.59 Å². The molecule has 6 nitrogen and oxygen atoms in total. The van der Waals surface area contributed by atoms with Crippen molar-refractivity contribution in [3.05, 3.63) is 41.2 Å². The van der Waals surface area contributed by atoms with E-state index in [2.05, 4.69) is 15.2 Å². The van der Waals surface area contributed by atoms with Crippen LogP contribution < -0.4 is 15.4 Å². The monoisotopic (exact) mass is 313 g/mol. The average Bonchev–Trinajstić information content (AvgIpc) is 2.81. The predicted octanol–water partition coefficient (Wildman–Crippen LogP) is 2.71. The van der Waals surface area contributed by atoms with Crippen LogP contribution in [0.5, 0.6) is 5.75 Å². The second kappa shape index (κ2) is 5.79. The first-order valence-corrected chi connectivity index (χ1v) is 7.54. The molecule has 23 heavy (non-hydrogen) atoms. The maximum Gasteiger partial charge on any atom is 0.262 e. The van der Waals surface area contributed by atoms with Gasteiger partial charge in [-0.15, -0.1) is 0 Å². The molecule has 6 heteroatoms. The number of aryl methyl sites for hydroxylation is 1. The standard InChI is InChI=1S/C17H19N3O3/c1-4-20-10(2)7-13(11(20)3)17(22)18-12-5-6-15-14(8-12)19-16(21)9-23-15/h5-8H,4,9H2,1-3H3,(H,18,22)(H,19,21). The third-order valence-corrected chi connectivity index (χ3v) is 4.00. The Morgan fingerprint density at radius 1 is 1.35 bits per heavy atom. The van der Waals surface area contributed by atoms with Gasteiger partial charge in [-0.05, 0) is 45.0 Å². The molecular formula is C17H19N3O3. The highest BCUT2D eigenvalue weighted by molar-refractivity contribution is 6.06. The van der Waals surface area contributed by atoms with Crippen molar-refractivity contribution in [2.45, 2.75) is 27.3 Å². The lowest BCUT2D eigenvalue weighted by Crippen LogP contribution is -2.25. The second-order valence-electron chi connectivity index (χ2n) is 5.53. The van der Waals surface area contributed by atoms with Gasteiger partial charge in [-0.1, -0.05) is 0 Å². The van der Waals surface area contributed by atoms with Crippen LogP contribution in [0.15, 0.2) is 24.3 Å². The van der Waals surface area contributed by atoms with E-state index in [1.54, 1.807) is 18.2 Å². The Morgan fingerprint density at radius 2 is 2.13 bits per heavy atom. The molecule has 0 atom stereocenters. The van der Waals surface area contributed by atoms with Crippen molar-refractivity contribution in [2.24, 2.45) is 0 Å². The molecule has 120 valence electrons. The van der Waals surface area contributed by atoms with Gasteiger partial charge in [0, 0.05) is 23.6 Å². The molecule has 2 aromatic rings. The zero-order valence-electron chi connectivity index (χ0n) is 13.4. The SMILES string of the molecule is CCn1c(C)cc(C(=O)Nc2ccc3c(c2)NC(=O)CO3)c1C. The molecule has 2 amide bonds. The van der Waals surface area contributed by atoms with Gasteiger partial charge in [-0.2, -0.15) is 0 Å². The summed E-state index contributed by atoms with van der Waals surface area (Å²) >= 11 is 0. The molecule has 0 bridgehead atoms. The lowest BCUT2D eigenvalue weighted by molar-refractivity contribution is -0.118. The Balaban J connectivity index is 1.83. The smallest absolute Gasteiger partial charge is 0.262 e. The molecule has 2 N–H and O–H groups in total. The summed E-state index contributed by atoms with van der Waals surface area (Å²) in [5.74, 6) is 0.236. The number of nitrogens with one attached hydrogen (secondary N) is 2. The first kappa shape index (κ1) is 15.1. The van der Waals surface area contributed by atoms with Gasteiger partial charge in [0.05, 0.1) is 11.3 Å². The first-order chi connectivity index (χ1) is 11.0. The molecular weight excluding hydrogens is 294 g/mol. The summed E-state index contributed by atoms with van der Waals surface area (Å²) in [6.07, 6.45) is 0. The normalized spacial score (nSPS) is 13.1. The molecule has 0 aliphatic carbocycles. The van der Waals surface area contributed by atoms with E-state index in [-0.39, 0.29) is 18.4 Å². The Hall–Kier alpha value is -2.76. The molecule has 0 radical (unpaired) electrons. The zero-order valence-corrected chi connectivity index (χ0v) is 13.4. The van der Waals surface area contributed by atoms with E-state index >= 15 is 0 Å². The largest absolute Gasteiger partial charge is 0.482 e. The van der Waals surface area contributed by atoms with Gasteiger partial charge in [0.1, 0.15) is 5.75 Å². The fraction of sp³-hybridized carbons (Fsp3) is 0.294. The number of fused-ring (bicyclic) bond motifs is 1. The summed E-state index contributed by atoms with van der Waals surface area (Å²) in [6, 6.07) is 7.08. The van der Waals surface area contributed by atoms with E-state index in [1.807, 2.05) is 26.8 Å². The van der Waals surface area contributed by atoms with Crippen molar-refractivity contribution >= 4 is 23.2 Å². The molecule has 0 fully saturated rings. The number of benzene rings is 1. The number of aromatic nitrogens is 1. The number of amides is 2. The number of hydrogen-bond donors (Lipinski definition) is 2. The summed E-state index contributed by atoms with van der Waals surface area (Å²) in [6.45, 7) is 6.81. The van der Waals surface area contributed by atoms with Gasteiger partial charge in [0.2, 0.25) is 0 Å². The molecule has 2 heterocycles. The van der Waals surface area contributed by atoms with Crippen molar-refractivity contribution in [3.63, 3.8) is 0 Å². The lowest BCUT2D eigenvalue weighted by Gasteiger charge is -2.18. The van der Waals surface area contributed by atoms with Crippen molar-refractivity contribution in [2.75, 3.05) is 17.2 Å². The quantitative estimate of drug-likeness (QED) is 0.915. The summed E-state index contributed by atoms with van der Waals surface area (Å²) in [5.41, 5.74) is 3.83. The zero-order chi connectivity index (χ0) is 16.6. The Bertz CT molecular complexity index is 793. The lowest BCUT2D eigenvalue weighted by atomic mass is 10.2. The Kier molecular flexibility index (Phi) is 3.82. The van der Waals surface area contributed by atoms with Gasteiger partial charge < -0.3 is 19.9 Å². The van der Waals surface area contributed by atoms with Gasteiger partial charge >= 0.3 is 0 Å². The van der Waals surface area contributed by atoms with Crippen molar-refractivity contribution in [3.8, 4) is 5.75 Å². The highest BCUT2D eigenvalue weighted by Gasteiger charge is 2.18. The van der Waals surface area contributed by atoms with Crippen LogP contribution in [0.4, 0.5) is 11.4 Å². The number of anilines is 2. The summed E-state index contributed by atoms with van der Waals surface area (Å²) < 4.78 is 7.40. The summed E-state index contributed by atoms with van der Waals surface area (Å²) in [4.78, 5) is 23.9. The Labute approximate surface area is 134 Å². The molecule has 1 aromatic heterocycles. The predicted molar refractivity (Wildman–Crippen MR) is 88.1 cm³/mol. The number of hydrogen-bond acceptors (Lipinski definition) is 3. The highest BCUT2D eigenvalue weighted by Crippen LogP contribution is 2.30. The molecule has 1 aromatic carbocycles. The number of carbonyl (C=O) groups is 2. The van der Waals surface area contributed by atoms with E-state index < -0.39 is 0 Å². The van der Waals surface area contributed by atoms with Crippen LogP contribution >= 0.6 is 0 Å². The number of carbonyl (C=O) groups excluding carboxylic acids is 2. The summed E-state index contributed by atoms with van der Waals surface area (Å²) in [5, 5.41) is 5.60. The molecule has 0 unspecified atom stereocenters. The number of rotatable bonds is 3. The van der Waals surface area contributed by atoms with Crippen LogP contribution in [0.25, 0.3) is 0 Å². The second-order valence-corrected chi connectivity index (χ2v) is 5.53. The molecule has 1 aliphatic heterocycles. The number of ether oxygens (including phenoxy) is 1. The van der Waals surface area contributed by atoms with Gasteiger partial charge in [0.25, 0.3) is 11.8 Å². The van der Waals surface area contributed by atoms with E-state index in [4.69, 9.17) is 4.74 Å². The maximum absolute atomic E-state index is 12.5. The fourth-order valence-electron chi connectivity index (χ4n) is 2.88. The van der Waals surface area contributed by atoms with E-state index in [0.29, 0.717) is 22.7 Å². The van der Waals surface area contributed by atoms with Crippen LogP contribution in [0.3, 0.4) is 0 Å². The summed E-state index contributed by atoms with van der Waals surface area (Å²) in [7, 11) is 0. The maximum atomic E-state index is 12.5. The third kappa shape index (κ3) is 2.79. The minimum atomic E-state index is -0.201. The van der Waals surface area contributed by atoms with Crippen molar-refractivity contribution < 1.29 is 14.3 Å². The molecule has 3 rings (SSSR count). The van der Waals surface area contributed by atoms with Crippen LogP contribution in [-0.2, 0) is 11.3 Å². The van der Waals surface area contributed by atoms with Crippen molar-refractivity contribution in [1.29, 1.82) is 0 Å². The van der Waals surface area contributed by atoms with Crippen LogP contribution in [0.2, 0.25) is 0 Å². The number of nitrogens with zero attached hydrogens (tertiary/aromatic N) is 1. The molecule has 0 saturated carbocycles. The minimum Gasteiger partial charge on any atom is -0.482 e. The van der Waals surface area contributed by atoms with Crippen LogP contribution in [0, 0.1) is 13.8 Å². The van der Waals surface area contributed by atoms with Crippen LogP contribution in [-0.4, -0.2) is 23.0 Å².